The Hall–Kier alpha value is -2.74. The van der Waals surface area contributed by atoms with Crippen LogP contribution in [0.3, 0.4) is 0 Å². The Morgan fingerprint density at radius 2 is 1.90 bits per heavy atom. The summed E-state index contributed by atoms with van der Waals surface area (Å²) in [6, 6.07) is 5.82. The first kappa shape index (κ1) is 15.3. The number of hydrogen-bond donors (Lipinski definition) is 2. The van der Waals surface area contributed by atoms with Gasteiger partial charge in [0, 0.05) is 6.07 Å². The molecule has 1 aromatic rings. The van der Waals surface area contributed by atoms with Crippen molar-refractivity contribution in [2.75, 3.05) is 0 Å². The third kappa shape index (κ3) is 4.86. The number of phenols is 2. The molecule has 0 amide bonds. The highest BCUT2D eigenvalue weighted by Crippen LogP contribution is 2.21. The standard InChI is InChI=1S/C15H15NO4/c1-10(2)20-15(19)12(9-16)5-3-4-11-6-13(17)8-14(18)7-11/h3-8,10,17-18H,1-2H3/b4-3+,12-5+. The molecule has 0 bridgehead atoms. The molecule has 0 unspecified atom stereocenters. The summed E-state index contributed by atoms with van der Waals surface area (Å²) in [4.78, 5) is 11.5. The van der Waals surface area contributed by atoms with Gasteiger partial charge in [-0.3, -0.25) is 0 Å². The van der Waals surface area contributed by atoms with Crippen LogP contribution in [0.2, 0.25) is 0 Å². The van der Waals surface area contributed by atoms with E-state index >= 15 is 0 Å². The topological polar surface area (TPSA) is 90.6 Å². The van der Waals surface area contributed by atoms with Crippen molar-refractivity contribution in [3.63, 3.8) is 0 Å². The third-order valence-electron chi connectivity index (χ3n) is 2.16. The average Bonchev–Trinajstić information content (AvgIpc) is 2.32. The highest BCUT2D eigenvalue weighted by Gasteiger charge is 2.10. The van der Waals surface area contributed by atoms with Gasteiger partial charge in [-0.2, -0.15) is 5.26 Å². The van der Waals surface area contributed by atoms with E-state index in [9.17, 15) is 15.0 Å². The lowest BCUT2D eigenvalue weighted by Gasteiger charge is -2.05. The Labute approximate surface area is 117 Å². The summed E-state index contributed by atoms with van der Waals surface area (Å²) in [7, 11) is 0. The van der Waals surface area contributed by atoms with Crippen LogP contribution in [-0.2, 0) is 9.53 Å². The van der Waals surface area contributed by atoms with Gasteiger partial charge in [-0.25, -0.2) is 4.79 Å². The highest BCUT2D eigenvalue weighted by molar-refractivity contribution is 5.93. The largest absolute Gasteiger partial charge is 0.508 e. The van der Waals surface area contributed by atoms with Gasteiger partial charge in [0.2, 0.25) is 0 Å². The number of nitrogens with zero attached hydrogens (tertiary/aromatic N) is 1. The summed E-state index contributed by atoms with van der Waals surface area (Å²) >= 11 is 0. The van der Waals surface area contributed by atoms with Gasteiger partial charge in [0.05, 0.1) is 6.10 Å². The molecule has 0 fully saturated rings. The number of rotatable bonds is 4. The van der Waals surface area contributed by atoms with E-state index in [2.05, 4.69) is 0 Å². The molecule has 0 aromatic heterocycles. The van der Waals surface area contributed by atoms with Crippen LogP contribution in [0.25, 0.3) is 6.08 Å². The van der Waals surface area contributed by atoms with Gasteiger partial charge in [0.1, 0.15) is 23.1 Å². The van der Waals surface area contributed by atoms with E-state index in [4.69, 9.17) is 10.00 Å². The molecule has 104 valence electrons. The van der Waals surface area contributed by atoms with Crippen LogP contribution in [0.5, 0.6) is 11.5 Å². The first-order chi connectivity index (χ1) is 9.42. The van der Waals surface area contributed by atoms with E-state index in [1.165, 1.54) is 30.4 Å². The fourth-order valence-corrected chi connectivity index (χ4v) is 1.40. The lowest BCUT2D eigenvalue weighted by molar-refractivity contribution is -0.142. The molecule has 20 heavy (non-hydrogen) atoms. The van der Waals surface area contributed by atoms with Crippen LogP contribution in [0.15, 0.2) is 35.9 Å². The molecular formula is C15H15NO4. The number of hydrogen-bond acceptors (Lipinski definition) is 5. The van der Waals surface area contributed by atoms with Crippen LogP contribution in [0, 0.1) is 11.3 Å². The van der Waals surface area contributed by atoms with Crippen molar-refractivity contribution >= 4 is 12.0 Å². The van der Waals surface area contributed by atoms with Crippen LogP contribution in [0.4, 0.5) is 0 Å². The minimum atomic E-state index is -0.689. The molecule has 1 rings (SSSR count). The number of carbonyl (C=O) groups excluding carboxylic acids is 1. The molecule has 2 N–H and O–H groups in total. The van der Waals surface area contributed by atoms with Gasteiger partial charge in [-0.1, -0.05) is 12.2 Å². The first-order valence-corrected chi connectivity index (χ1v) is 5.95. The molecule has 0 heterocycles. The number of carbonyl (C=O) groups is 1. The summed E-state index contributed by atoms with van der Waals surface area (Å²) in [6.07, 6.45) is 4.02. The summed E-state index contributed by atoms with van der Waals surface area (Å²) in [5.74, 6) is -0.840. The Morgan fingerprint density at radius 1 is 1.30 bits per heavy atom. The monoisotopic (exact) mass is 273 g/mol. The Bertz CT molecular complexity index is 574. The van der Waals surface area contributed by atoms with E-state index in [-0.39, 0.29) is 23.2 Å². The van der Waals surface area contributed by atoms with Crippen LogP contribution in [0.1, 0.15) is 19.4 Å². The molecular weight excluding hydrogens is 258 g/mol. The summed E-state index contributed by atoms with van der Waals surface area (Å²) in [6.45, 7) is 3.39. The minimum Gasteiger partial charge on any atom is -0.508 e. The maximum absolute atomic E-state index is 11.5. The van der Waals surface area contributed by atoms with Gasteiger partial charge in [0.25, 0.3) is 0 Å². The maximum Gasteiger partial charge on any atom is 0.349 e. The van der Waals surface area contributed by atoms with Gasteiger partial charge in [-0.05, 0) is 37.6 Å². The molecule has 0 radical (unpaired) electrons. The van der Waals surface area contributed by atoms with E-state index < -0.39 is 5.97 Å². The van der Waals surface area contributed by atoms with Crippen molar-refractivity contribution in [1.29, 1.82) is 5.26 Å². The quantitative estimate of drug-likeness (QED) is 0.380. The second-order valence-electron chi connectivity index (χ2n) is 4.29. The van der Waals surface area contributed by atoms with E-state index in [1.807, 2.05) is 0 Å². The van der Waals surface area contributed by atoms with E-state index in [0.717, 1.165) is 0 Å². The van der Waals surface area contributed by atoms with Gasteiger partial charge >= 0.3 is 5.97 Å². The van der Waals surface area contributed by atoms with Gasteiger partial charge in [-0.15, -0.1) is 0 Å². The molecule has 0 spiro atoms. The van der Waals surface area contributed by atoms with Crippen molar-refractivity contribution in [2.45, 2.75) is 20.0 Å². The second-order valence-corrected chi connectivity index (χ2v) is 4.29. The molecule has 1 aromatic carbocycles. The normalized spacial score (nSPS) is 11.6. The Kier molecular flexibility index (Phi) is 5.36. The molecule has 5 nitrogen and oxygen atoms in total. The van der Waals surface area contributed by atoms with Crippen molar-refractivity contribution in [2.24, 2.45) is 0 Å². The molecule has 0 saturated heterocycles. The fourth-order valence-electron chi connectivity index (χ4n) is 1.40. The lowest BCUT2D eigenvalue weighted by Crippen LogP contribution is -2.12. The zero-order valence-corrected chi connectivity index (χ0v) is 11.2. The third-order valence-corrected chi connectivity index (χ3v) is 2.16. The predicted octanol–water partition coefficient (Wildman–Crippen LogP) is 2.51. The maximum atomic E-state index is 11.5. The number of benzene rings is 1. The number of aromatic hydroxyl groups is 2. The highest BCUT2D eigenvalue weighted by atomic mass is 16.5. The van der Waals surface area contributed by atoms with Crippen molar-refractivity contribution < 1.29 is 19.7 Å². The molecule has 0 aliphatic heterocycles. The number of ether oxygens (including phenoxy) is 1. The van der Waals surface area contributed by atoms with Crippen LogP contribution >= 0.6 is 0 Å². The minimum absolute atomic E-state index is 0.0756. The SMILES string of the molecule is CC(C)OC(=O)/C(C#N)=C/C=C/c1cc(O)cc(O)c1. The van der Waals surface area contributed by atoms with Crippen LogP contribution < -0.4 is 0 Å². The number of nitriles is 1. The van der Waals surface area contributed by atoms with Crippen LogP contribution in [-0.4, -0.2) is 22.3 Å². The molecule has 0 saturated carbocycles. The zero-order valence-electron chi connectivity index (χ0n) is 11.2. The van der Waals surface area contributed by atoms with Crippen molar-refractivity contribution in [3.8, 4) is 17.6 Å². The Morgan fingerprint density at radius 3 is 2.40 bits per heavy atom. The Balaban J connectivity index is 2.85. The summed E-state index contributed by atoms with van der Waals surface area (Å²) in [5, 5.41) is 27.5. The number of esters is 1. The predicted molar refractivity (Wildman–Crippen MR) is 73.7 cm³/mol. The molecule has 0 aliphatic carbocycles. The van der Waals surface area contributed by atoms with Gasteiger partial charge in [0.15, 0.2) is 0 Å². The fraction of sp³-hybridized carbons (Fsp3) is 0.200. The zero-order chi connectivity index (χ0) is 15.1. The van der Waals surface area contributed by atoms with E-state index in [1.54, 1.807) is 26.0 Å². The van der Waals surface area contributed by atoms with Crippen molar-refractivity contribution in [1.82, 2.24) is 0 Å². The van der Waals surface area contributed by atoms with Gasteiger partial charge < -0.3 is 14.9 Å². The lowest BCUT2D eigenvalue weighted by atomic mass is 10.1. The smallest absolute Gasteiger partial charge is 0.349 e. The molecule has 5 heteroatoms. The number of phenolic OH excluding ortho intramolecular Hbond substituents is 2. The molecule has 0 aliphatic rings. The second kappa shape index (κ2) is 7.00. The average molecular weight is 273 g/mol. The molecule has 0 atom stereocenters. The van der Waals surface area contributed by atoms with E-state index in [0.29, 0.717) is 5.56 Å². The first-order valence-electron chi connectivity index (χ1n) is 5.95. The summed E-state index contributed by atoms with van der Waals surface area (Å²) < 4.78 is 4.90. The van der Waals surface area contributed by atoms with Crippen molar-refractivity contribution in [3.05, 3.63) is 41.5 Å². The number of allylic oxidation sites excluding steroid dienone is 2. The summed E-state index contributed by atoms with van der Waals surface area (Å²) in [5.41, 5.74) is 0.410.